The lowest BCUT2D eigenvalue weighted by molar-refractivity contribution is -0.113. The fourth-order valence-corrected chi connectivity index (χ4v) is 8.71. The van der Waals surface area contributed by atoms with E-state index >= 15 is 0 Å². The highest BCUT2D eigenvalue weighted by Crippen LogP contribution is 2.41. The van der Waals surface area contributed by atoms with Crippen LogP contribution in [0.5, 0.6) is 0 Å². The van der Waals surface area contributed by atoms with Gasteiger partial charge >= 0.3 is 15.1 Å². The maximum atomic E-state index is 6.93. The lowest BCUT2D eigenvalue weighted by Crippen LogP contribution is -2.52. The summed E-state index contributed by atoms with van der Waals surface area (Å²) in [6, 6.07) is 0. The summed E-state index contributed by atoms with van der Waals surface area (Å²) < 4.78 is 20.8. The molecule has 0 aromatic carbocycles. The van der Waals surface area contributed by atoms with Crippen molar-refractivity contribution in [3.05, 3.63) is 0 Å². The Bertz CT molecular complexity index is 451. The van der Waals surface area contributed by atoms with Crippen LogP contribution in [0, 0.1) is 17.8 Å². The summed E-state index contributed by atoms with van der Waals surface area (Å²) in [5, 5.41) is 0. The van der Waals surface area contributed by atoms with Crippen LogP contribution in [0.3, 0.4) is 0 Å². The molecule has 0 aliphatic heterocycles. The molecule has 31 heavy (non-hydrogen) atoms. The van der Waals surface area contributed by atoms with Crippen molar-refractivity contribution in [1.82, 2.24) is 0 Å². The van der Waals surface area contributed by atoms with E-state index in [2.05, 4.69) is 41.5 Å². The van der Waals surface area contributed by atoms with Crippen LogP contribution in [0.1, 0.15) is 138 Å². The SMILES string of the molecule is CC(C)([O][Al]([O]C(C)(C)C1CCCCC1)[O]C(C)(C)C1CCCCC1)C1CCCCC1. The lowest BCUT2D eigenvalue weighted by atomic mass is 9.79. The summed E-state index contributed by atoms with van der Waals surface area (Å²) in [4.78, 5) is 0. The third-order valence-electron chi connectivity index (χ3n) is 8.96. The monoisotopic (exact) mass is 450 g/mol. The van der Waals surface area contributed by atoms with Crippen LogP contribution in [0.25, 0.3) is 0 Å². The van der Waals surface area contributed by atoms with Crippen LogP contribution >= 0.6 is 0 Å². The molecule has 180 valence electrons. The van der Waals surface area contributed by atoms with Crippen molar-refractivity contribution < 1.29 is 11.4 Å². The molecule has 3 rings (SSSR count). The van der Waals surface area contributed by atoms with E-state index in [1.54, 1.807) is 0 Å². The van der Waals surface area contributed by atoms with Crippen LogP contribution in [-0.4, -0.2) is 32.0 Å². The Morgan fingerprint density at radius 3 is 0.871 bits per heavy atom. The van der Waals surface area contributed by atoms with Crippen molar-refractivity contribution in [3.63, 3.8) is 0 Å². The van der Waals surface area contributed by atoms with E-state index in [1.807, 2.05) is 0 Å². The van der Waals surface area contributed by atoms with Crippen LogP contribution < -0.4 is 0 Å². The zero-order chi connectivity index (χ0) is 22.5. The average Bonchev–Trinajstić information content (AvgIpc) is 2.75. The Kier molecular flexibility index (Phi) is 9.42. The molecule has 0 bridgehead atoms. The molecule has 0 unspecified atom stereocenters. The summed E-state index contributed by atoms with van der Waals surface area (Å²) in [7, 11) is 0. The maximum absolute atomic E-state index is 6.93. The summed E-state index contributed by atoms with van der Waals surface area (Å²) >= 11 is -2.32. The van der Waals surface area contributed by atoms with Crippen molar-refractivity contribution in [2.24, 2.45) is 17.8 Å². The molecule has 0 heterocycles. The summed E-state index contributed by atoms with van der Waals surface area (Å²) in [5.41, 5.74) is -0.492. The van der Waals surface area contributed by atoms with Gasteiger partial charge in [-0.3, -0.25) is 0 Å². The normalized spacial score (nSPS) is 23.8. The molecular formula is C27H51AlO3. The number of rotatable bonds is 9. The summed E-state index contributed by atoms with van der Waals surface area (Å²) in [6.07, 6.45) is 19.9. The molecule has 0 atom stereocenters. The molecule has 3 saturated carbocycles. The van der Waals surface area contributed by atoms with Gasteiger partial charge in [0.1, 0.15) is 0 Å². The van der Waals surface area contributed by atoms with E-state index in [0.29, 0.717) is 17.8 Å². The van der Waals surface area contributed by atoms with Gasteiger partial charge in [-0.25, -0.2) is 0 Å². The van der Waals surface area contributed by atoms with Crippen molar-refractivity contribution in [2.45, 2.75) is 155 Å². The molecule has 3 fully saturated rings. The highest BCUT2D eigenvalue weighted by atomic mass is 27.3. The van der Waals surface area contributed by atoms with Crippen molar-refractivity contribution in [2.75, 3.05) is 0 Å². The molecule has 3 aliphatic rings. The Hall–Kier alpha value is 0.412. The molecule has 3 aliphatic carbocycles. The van der Waals surface area contributed by atoms with E-state index in [0.717, 1.165) is 0 Å². The maximum Gasteiger partial charge on any atom is 0.906 e. The first-order chi connectivity index (χ1) is 14.6. The van der Waals surface area contributed by atoms with Crippen molar-refractivity contribution in [3.8, 4) is 0 Å². The van der Waals surface area contributed by atoms with E-state index in [1.165, 1.54) is 96.3 Å². The third kappa shape index (κ3) is 7.45. The zero-order valence-electron chi connectivity index (χ0n) is 21.6. The van der Waals surface area contributed by atoms with Crippen molar-refractivity contribution >= 4 is 15.1 Å². The predicted molar refractivity (Wildman–Crippen MR) is 131 cm³/mol. The molecule has 4 heteroatoms. The van der Waals surface area contributed by atoms with Crippen LogP contribution in [0.15, 0.2) is 0 Å². The van der Waals surface area contributed by atoms with Gasteiger partial charge in [-0.15, -0.1) is 0 Å². The highest BCUT2D eigenvalue weighted by molar-refractivity contribution is 6.36. The Balaban J connectivity index is 1.73. The minimum absolute atomic E-state index is 0.164. The van der Waals surface area contributed by atoms with Gasteiger partial charge in [-0.05, 0) is 97.8 Å². The Labute approximate surface area is 198 Å². The number of hydrogen-bond acceptors (Lipinski definition) is 3. The third-order valence-corrected chi connectivity index (χ3v) is 11.4. The zero-order valence-corrected chi connectivity index (χ0v) is 22.8. The molecule has 0 N–H and O–H groups in total. The standard InChI is InChI=1S/3C9H17O.Al/c3*1-9(2,10)8-6-4-3-5-7-8;/h3*8H,3-7H2,1-2H3;/q3*-1;+3. The highest BCUT2D eigenvalue weighted by Gasteiger charge is 2.50. The molecule has 0 aromatic heterocycles. The van der Waals surface area contributed by atoms with E-state index < -0.39 is 15.1 Å². The van der Waals surface area contributed by atoms with Gasteiger partial charge in [0.15, 0.2) is 0 Å². The molecule has 0 saturated heterocycles. The molecule has 0 aromatic rings. The summed E-state index contributed by atoms with van der Waals surface area (Å²) in [5.74, 6) is 1.87. The fourth-order valence-electron chi connectivity index (χ4n) is 6.50. The molecule has 0 radical (unpaired) electrons. The Morgan fingerprint density at radius 1 is 0.419 bits per heavy atom. The second kappa shape index (κ2) is 11.2. The number of hydrogen-bond donors (Lipinski definition) is 0. The van der Waals surface area contributed by atoms with Crippen LogP contribution in [0.4, 0.5) is 0 Å². The van der Waals surface area contributed by atoms with Crippen LogP contribution in [0.2, 0.25) is 0 Å². The fraction of sp³-hybridized carbons (Fsp3) is 1.00. The van der Waals surface area contributed by atoms with E-state index in [4.69, 9.17) is 11.4 Å². The lowest BCUT2D eigenvalue weighted by Gasteiger charge is -2.45. The smallest absolute Gasteiger partial charge is 0.449 e. The Morgan fingerprint density at radius 2 is 0.645 bits per heavy atom. The quantitative estimate of drug-likeness (QED) is 0.332. The van der Waals surface area contributed by atoms with Gasteiger partial charge in [0.05, 0.1) is 0 Å². The second-order valence-electron chi connectivity index (χ2n) is 12.5. The minimum Gasteiger partial charge on any atom is -0.449 e. The predicted octanol–water partition coefficient (Wildman–Crippen LogP) is 8.10. The average molecular weight is 451 g/mol. The largest absolute Gasteiger partial charge is 0.906 e. The van der Waals surface area contributed by atoms with Crippen LogP contribution in [-0.2, 0) is 11.4 Å². The van der Waals surface area contributed by atoms with Gasteiger partial charge in [0.2, 0.25) is 0 Å². The molecular weight excluding hydrogens is 399 g/mol. The van der Waals surface area contributed by atoms with E-state index in [9.17, 15) is 0 Å². The van der Waals surface area contributed by atoms with Gasteiger partial charge in [-0.1, -0.05) is 57.8 Å². The molecule has 0 amide bonds. The van der Waals surface area contributed by atoms with Gasteiger partial charge in [0.25, 0.3) is 0 Å². The molecule has 0 spiro atoms. The summed E-state index contributed by atoms with van der Waals surface area (Å²) in [6.45, 7) is 13.8. The topological polar surface area (TPSA) is 27.7 Å². The van der Waals surface area contributed by atoms with Crippen molar-refractivity contribution in [1.29, 1.82) is 0 Å². The van der Waals surface area contributed by atoms with E-state index in [-0.39, 0.29) is 16.8 Å². The first-order valence-corrected chi connectivity index (χ1v) is 15.0. The van der Waals surface area contributed by atoms with Gasteiger partial charge in [0, 0.05) is 16.8 Å². The second-order valence-corrected chi connectivity index (χ2v) is 13.7. The molecule has 3 nitrogen and oxygen atoms in total. The van der Waals surface area contributed by atoms with Gasteiger partial charge < -0.3 is 11.4 Å². The first kappa shape index (κ1) is 26.0. The minimum atomic E-state index is -2.32. The first-order valence-electron chi connectivity index (χ1n) is 13.6. The van der Waals surface area contributed by atoms with Gasteiger partial charge in [-0.2, -0.15) is 0 Å².